The van der Waals surface area contributed by atoms with Gasteiger partial charge in [-0.25, -0.2) is 4.98 Å². The van der Waals surface area contributed by atoms with Crippen LogP contribution < -0.4 is 5.32 Å². The number of nitrogens with one attached hydrogen (secondary N) is 1. The Morgan fingerprint density at radius 1 is 1.11 bits per heavy atom. The number of piperidine rings is 1. The number of likely N-dealkylation sites (tertiary alicyclic amines) is 1. The van der Waals surface area contributed by atoms with Crippen LogP contribution in [0.1, 0.15) is 45.5 Å². The first-order valence-corrected chi connectivity index (χ1v) is 9.83. The van der Waals surface area contributed by atoms with E-state index < -0.39 is 0 Å². The molecule has 1 aromatic carbocycles. The average molecular weight is 401 g/mol. The van der Waals surface area contributed by atoms with Gasteiger partial charge in [0.2, 0.25) is 0 Å². The predicted molar refractivity (Wildman–Crippen MR) is 111 cm³/mol. The molecule has 1 aromatic heterocycles. The summed E-state index contributed by atoms with van der Waals surface area (Å²) in [6, 6.07) is 9.20. The molecule has 1 fully saturated rings. The number of amides is 2. The molecule has 0 spiro atoms. The molecule has 2 heterocycles. The van der Waals surface area contributed by atoms with Crippen LogP contribution in [-0.2, 0) is 6.54 Å². The van der Waals surface area contributed by atoms with E-state index in [0.29, 0.717) is 28.5 Å². The number of rotatable bonds is 5. The number of carbonyl (C=O) groups excluding carboxylic acids is 2. The molecule has 6 nitrogen and oxygen atoms in total. The molecular formula is C21H25ClN4O2. The Bertz CT molecular complexity index is 846. The topological polar surface area (TPSA) is 65.5 Å². The number of carbonyl (C=O) groups is 2. The molecular weight excluding hydrogens is 376 g/mol. The largest absolute Gasteiger partial charge is 0.365 e. The van der Waals surface area contributed by atoms with Gasteiger partial charge in [-0.3, -0.25) is 9.59 Å². The van der Waals surface area contributed by atoms with E-state index in [2.05, 4.69) is 10.3 Å². The second-order valence-electron chi connectivity index (χ2n) is 7.16. The molecule has 2 aromatic rings. The van der Waals surface area contributed by atoms with E-state index in [0.717, 1.165) is 31.5 Å². The number of halogens is 1. The van der Waals surface area contributed by atoms with E-state index in [9.17, 15) is 9.59 Å². The number of hydrogen-bond acceptors (Lipinski definition) is 4. The number of pyridine rings is 1. The summed E-state index contributed by atoms with van der Waals surface area (Å²) >= 11 is 6.25. The number of aromatic nitrogens is 1. The summed E-state index contributed by atoms with van der Waals surface area (Å²) in [5.74, 6) is 0.477. The highest BCUT2D eigenvalue weighted by Gasteiger charge is 2.18. The molecule has 28 heavy (non-hydrogen) atoms. The fourth-order valence-electron chi connectivity index (χ4n) is 3.17. The Morgan fingerprint density at radius 2 is 1.79 bits per heavy atom. The number of anilines is 1. The molecule has 0 aliphatic carbocycles. The number of nitrogens with zero attached hydrogens (tertiary/aromatic N) is 3. The third-order valence-electron chi connectivity index (χ3n) is 4.80. The lowest BCUT2D eigenvalue weighted by molar-refractivity contribution is 0.0724. The van der Waals surface area contributed by atoms with E-state index in [1.165, 1.54) is 17.5 Å². The van der Waals surface area contributed by atoms with Gasteiger partial charge in [-0.15, -0.1) is 0 Å². The molecule has 0 unspecified atom stereocenters. The first kappa shape index (κ1) is 20.1. The van der Waals surface area contributed by atoms with Crippen molar-refractivity contribution in [1.82, 2.24) is 14.8 Å². The maximum absolute atomic E-state index is 12.5. The van der Waals surface area contributed by atoms with Crippen LogP contribution in [0.25, 0.3) is 0 Å². The van der Waals surface area contributed by atoms with Gasteiger partial charge in [0.25, 0.3) is 11.8 Å². The minimum atomic E-state index is -0.144. The standard InChI is InChI=1S/C21H25ClN4O2/c1-25(2)20(27)17-12-18(22)19(24-14-17)23-13-15-6-8-16(9-7-15)21(28)26-10-4-3-5-11-26/h6-9,12,14H,3-5,10-11,13H2,1-2H3,(H,23,24). The zero-order chi connectivity index (χ0) is 20.1. The highest BCUT2D eigenvalue weighted by molar-refractivity contribution is 6.33. The van der Waals surface area contributed by atoms with Gasteiger partial charge in [-0.2, -0.15) is 0 Å². The maximum Gasteiger partial charge on any atom is 0.254 e. The second-order valence-corrected chi connectivity index (χ2v) is 7.56. The number of benzene rings is 1. The Labute approximate surface area is 170 Å². The van der Waals surface area contributed by atoms with Crippen molar-refractivity contribution >= 4 is 29.2 Å². The smallest absolute Gasteiger partial charge is 0.254 e. The van der Waals surface area contributed by atoms with Gasteiger partial charge in [-0.1, -0.05) is 23.7 Å². The Hall–Kier alpha value is -2.60. The molecule has 1 aliphatic rings. The third kappa shape index (κ3) is 4.81. The summed E-state index contributed by atoms with van der Waals surface area (Å²) in [6.45, 7) is 2.21. The molecule has 0 atom stereocenters. The zero-order valence-corrected chi connectivity index (χ0v) is 17.0. The van der Waals surface area contributed by atoms with Crippen LogP contribution in [-0.4, -0.2) is 53.8 Å². The summed E-state index contributed by atoms with van der Waals surface area (Å²) in [4.78, 5) is 32.1. The molecule has 1 N–H and O–H groups in total. The quantitative estimate of drug-likeness (QED) is 0.831. The highest BCUT2D eigenvalue weighted by atomic mass is 35.5. The van der Waals surface area contributed by atoms with Crippen LogP contribution >= 0.6 is 11.6 Å². The van der Waals surface area contributed by atoms with Crippen molar-refractivity contribution in [3.8, 4) is 0 Å². The highest BCUT2D eigenvalue weighted by Crippen LogP contribution is 2.21. The van der Waals surface area contributed by atoms with Gasteiger partial charge in [-0.05, 0) is 43.0 Å². The van der Waals surface area contributed by atoms with E-state index in [1.807, 2.05) is 29.2 Å². The molecule has 0 bridgehead atoms. The van der Waals surface area contributed by atoms with Crippen molar-refractivity contribution in [3.63, 3.8) is 0 Å². The first-order chi connectivity index (χ1) is 13.5. The van der Waals surface area contributed by atoms with Crippen LogP contribution in [0.15, 0.2) is 36.5 Å². The normalized spacial score (nSPS) is 13.9. The van der Waals surface area contributed by atoms with E-state index in [-0.39, 0.29) is 11.8 Å². The molecule has 7 heteroatoms. The summed E-state index contributed by atoms with van der Waals surface area (Å²) in [7, 11) is 3.37. The fraction of sp³-hybridized carbons (Fsp3) is 0.381. The molecule has 1 saturated heterocycles. The van der Waals surface area contributed by atoms with E-state index >= 15 is 0 Å². The van der Waals surface area contributed by atoms with Crippen molar-refractivity contribution in [1.29, 1.82) is 0 Å². The van der Waals surface area contributed by atoms with Gasteiger partial charge in [0.15, 0.2) is 0 Å². The van der Waals surface area contributed by atoms with Crippen LogP contribution in [0.3, 0.4) is 0 Å². The molecule has 2 amide bonds. The first-order valence-electron chi connectivity index (χ1n) is 9.45. The molecule has 0 radical (unpaired) electrons. The SMILES string of the molecule is CN(C)C(=O)c1cnc(NCc2ccc(C(=O)N3CCCCC3)cc2)c(Cl)c1. The minimum absolute atomic E-state index is 0.102. The van der Waals surface area contributed by atoms with Gasteiger partial charge in [0, 0.05) is 45.5 Å². The summed E-state index contributed by atoms with van der Waals surface area (Å²) in [5.41, 5.74) is 2.18. The van der Waals surface area contributed by atoms with Gasteiger partial charge >= 0.3 is 0 Å². The Balaban J connectivity index is 1.60. The molecule has 3 rings (SSSR count). The lowest BCUT2D eigenvalue weighted by Crippen LogP contribution is -2.35. The van der Waals surface area contributed by atoms with Crippen molar-refractivity contribution in [2.45, 2.75) is 25.8 Å². The van der Waals surface area contributed by atoms with Gasteiger partial charge in [0.05, 0.1) is 10.6 Å². The summed E-state index contributed by atoms with van der Waals surface area (Å²) < 4.78 is 0. The van der Waals surface area contributed by atoms with Crippen LogP contribution in [0.2, 0.25) is 5.02 Å². The Morgan fingerprint density at radius 3 is 2.39 bits per heavy atom. The van der Waals surface area contributed by atoms with Crippen molar-refractivity contribution in [2.75, 3.05) is 32.5 Å². The van der Waals surface area contributed by atoms with Gasteiger partial charge < -0.3 is 15.1 Å². The average Bonchev–Trinajstić information content (AvgIpc) is 2.72. The van der Waals surface area contributed by atoms with Crippen molar-refractivity contribution in [3.05, 3.63) is 58.2 Å². The fourth-order valence-corrected chi connectivity index (χ4v) is 3.41. The minimum Gasteiger partial charge on any atom is -0.365 e. The summed E-state index contributed by atoms with van der Waals surface area (Å²) in [5, 5.41) is 3.57. The zero-order valence-electron chi connectivity index (χ0n) is 16.2. The molecule has 0 saturated carbocycles. The number of hydrogen-bond donors (Lipinski definition) is 1. The van der Waals surface area contributed by atoms with Crippen molar-refractivity contribution in [2.24, 2.45) is 0 Å². The lowest BCUT2D eigenvalue weighted by Gasteiger charge is -2.26. The molecule has 1 aliphatic heterocycles. The van der Waals surface area contributed by atoms with Crippen LogP contribution in [0, 0.1) is 0 Å². The molecule has 148 valence electrons. The predicted octanol–water partition coefficient (Wildman–Crippen LogP) is 3.68. The van der Waals surface area contributed by atoms with Crippen molar-refractivity contribution < 1.29 is 9.59 Å². The van der Waals surface area contributed by atoms with Crippen LogP contribution in [0.5, 0.6) is 0 Å². The monoisotopic (exact) mass is 400 g/mol. The van der Waals surface area contributed by atoms with Gasteiger partial charge in [0.1, 0.15) is 5.82 Å². The second kappa shape index (κ2) is 9.06. The van der Waals surface area contributed by atoms with E-state index in [1.54, 1.807) is 20.2 Å². The summed E-state index contributed by atoms with van der Waals surface area (Å²) in [6.07, 6.45) is 4.88. The third-order valence-corrected chi connectivity index (χ3v) is 5.09. The van der Waals surface area contributed by atoms with Crippen LogP contribution in [0.4, 0.5) is 5.82 Å². The lowest BCUT2D eigenvalue weighted by atomic mass is 10.1. The maximum atomic E-state index is 12.5. The Kier molecular flexibility index (Phi) is 6.52. The van der Waals surface area contributed by atoms with E-state index in [4.69, 9.17) is 11.6 Å².